The zero-order valence-electron chi connectivity index (χ0n) is 11.5. The second kappa shape index (κ2) is 7.78. The molecule has 1 aliphatic rings. The number of para-hydroxylation sites is 2. The fraction of sp³-hybridized carbons (Fsp3) is 0.429. The lowest BCUT2D eigenvalue weighted by molar-refractivity contribution is -0.121. The average molecular weight is 310 g/mol. The van der Waals surface area contributed by atoms with Crippen LogP contribution in [0, 0.1) is 0 Å². The van der Waals surface area contributed by atoms with Crippen LogP contribution in [0.3, 0.4) is 0 Å². The molecule has 0 aliphatic carbocycles. The highest BCUT2D eigenvalue weighted by Gasteiger charge is 2.20. The number of carbonyl (C=O) groups is 2. The first kappa shape index (κ1) is 15.5. The smallest absolute Gasteiger partial charge is 0.227 e. The zero-order valence-corrected chi connectivity index (χ0v) is 12.4. The second-order valence-corrected chi connectivity index (χ2v) is 5.68. The largest absolute Gasteiger partial charge is 0.486 e. The van der Waals surface area contributed by atoms with Gasteiger partial charge in [0.25, 0.3) is 0 Å². The van der Waals surface area contributed by atoms with Gasteiger partial charge in [-0.2, -0.15) is 11.8 Å². The third kappa shape index (κ3) is 5.18. The molecule has 7 heteroatoms. The molecule has 1 aliphatic heterocycles. The number of fused-ring (bicyclic) bond motifs is 1. The topological polar surface area (TPSA) is 90.7 Å². The number of carbonyl (C=O) groups excluding carboxylic acids is 2. The number of benzene rings is 1. The van der Waals surface area contributed by atoms with E-state index < -0.39 is 0 Å². The number of ether oxygens (including phenoxy) is 2. The Labute approximate surface area is 127 Å². The van der Waals surface area contributed by atoms with E-state index in [0.717, 1.165) is 5.75 Å². The summed E-state index contributed by atoms with van der Waals surface area (Å²) < 4.78 is 11.3. The Bertz CT molecular complexity index is 510. The summed E-state index contributed by atoms with van der Waals surface area (Å²) >= 11 is 1.35. The molecule has 1 heterocycles. The van der Waals surface area contributed by atoms with Gasteiger partial charge in [-0.25, -0.2) is 0 Å². The summed E-state index contributed by atoms with van der Waals surface area (Å²) in [4.78, 5) is 22.2. The van der Waals surface area contributed by atoms with Gasteiger partial charge in [0.15, 0.2) is 11.5 Å². The van der Waals surface area contributed by atoms with E-state index in [-0.39, 0.29) is 23.7 Å². The lowest BCUT2D eigenvalue weighted by Gasteiger charge is -2.26. The van der Waals surface area contributed by atoms with Crippen LogP contribution in [0.5, 0.6) is 11.5 Å². The van der Waals surface area contributed by atoms with Crippen molar-refractivity contribution in [3.8, 4) is 11.5 Å². The van der Waals surface area contributed by atoms with E-state index in [1.807, 2.05) is 24.3 Å². The van der Waals surface area contributed by atoms with E-state index in [2.05, 4.69) is 5.32 Å². The fourth-order valence-corrected chi connectivity index (χ4v) is 2.49. The van der Waals surface area contributed by atoms with Crippen LogP contribution >= 0.6 is 11.8 Å². The number of amides is 2. The third-order valence-corrected chi connectivity index (χ3v) is 3.79. The first-order chi connectivity index (χ1) is 10.1. The molecule has 0 spiro atoms. The molecule has 2 rings (SSSR count). The standard InChI is InChI=1S/C14H18N2O4S/c15-13(17)9-21-6-5-14(18)16-7-10-8-19-11-3-1-2-4-12(11)20-10/h1-4,10H,5-9H2,(H2,15,17)(H,16,18)/t10-/m0/s1. The van der Waals surface area contributed by atoms with Crippen molar-refractivity contribution >= 4 is 23.6 Å². The summed E-state index contributed by atoms with van der Waals surface area (Å²) in [5.74, 6) is 1.78. The van der Waals surface area contributed by atoms with E-state index in [1.165, 1.54) is 11.8 Å². The number of primary amides is 1. The molecule has 0 bridgehead atoms. The van der Waals surface area contributed by atoms with Gasteiger partial charge in [0.2, 0.25) is 11.8 Å². The van der Waals surface area contributed by atoms with E-state index in [0.29, 0.717) is 31.1 Å². The Balaban J connectivity index is 1.65. The second-order valence-electron chi connectivity index (χ2n) is 4.57. The molecule has 0 saturated carbocycles. The summed E-state index contributed by atoms with van der Waals surface area (Å²) in [6, 6.07) is 7.44. The van der Waals surface area contributed by atoms with Gasteiger partial charge in [-0.1, -0.05) is 12.1 Å². The predicted molar refractivity (Wildman–Crippen MR) is 80.5 cm³/mol. The maximum absolute atomic E-state index is 11.6. The van der Waals surface area contributed by atoms with Gasteiger partial charge in [-0.05, 0) is 12.1 Å². The Morgan fingerprint density at radius 1 is 1.33 bits per heavy atom. The molecular weight excluding hydrogens is 292 g/mol. The van der Waals surface area contributed by atoms with Crippen molar-refractivity contribution in [2.45, 2.75) is 12.5 Å². The maximum Gasteiger partial charge on any atom is 0.227 e. The van der Waals surface area contributed by atoms with Crippen LogP contribution in [-0.2, 0) is 9.59 Å². The molecule has 0 fully saturated rings. The number of rotatable bonds is 7. The van der Waals surface area contributed by atoms with Crippen molar-refractivity contribution in [2.75, 3.05) is 24.7 Å². The van der Waals surface area contributed by atoms with E-state index >= 15 is 0 Å². The summed E-state index contributed by atoms with van der Waals surface area (Å²) in [7, 11) is 0. The maximum atomic E-state index is 11.6. The molecule has 1 atom stereocenters. The molecule has 1 aromatic rings. The minimum absolute atomic E-state index is 0.0746. The predicted octanol–water partition coefficient (Wildman–Crippen LogP) is 0.551. The first-order valence-electron chi connectivity index (χ1n) is 6.66. The van der Waals surface area contributed by atoms with Crippen molar-refractivity contribution in [1.29, 1.82) is 0 Å². The summed E-state index contributed by atoms with van der Waals surface area (Å²) in [5, 5.41) is 2.80. The number of hydrogen-bond acceptors (Lipinski definition) is 5. The first-order valence-corrected chi connectivity index (χ1v) is 7.82. The molecule has 0 unspecified atom stereocenters. The third-order valence-electron chi connectivity index (χ3n) is 2.81. The zero-order chi connectivity index (χ0) is 15.1. The van der Waals surface area contributed by atoms with E-state index in [1.54, 1.807) is 0 Å². The molecule has 0 saturated heterocycles. The van der Waals surface area contributed by atoms with Crippen LogP contribution < -0.4 is 20.5 Å². The lowest BCUT2D eigenvalue weighted by atomic mass is 10.2. The van der Waals surface area contributed by atoms with Crippen LogP contribution in [0.25, 0.3) is 0 Å². The van der Waals surface area contributed by atoms with Crippen molar-refractivity contribution in [3.63, 3.8) is 0 Å². The van der Waals surface area contributed by atoms with Crippen LogP contribution in [0.4, 0.5) is 0 Å². The van der Waals surface area contributed by atoms with Gasteiger partial charge in [0.05, 0.1) is 12.3 Å². The molecule has 6 nitrogen and oxygen atoms in total. The highest BCUT2D eigenvalue weighted by atomic mass is 32.2. The van der Waals surface area contributed by atoms with Crippen LogP contribution in [0.15, 0.2) is 24.3 Å². The minimum Gasteiger partial charge on any atom is -0.486 e. The van der Waals surface area contributed by atoms with Gasteiger partial charge in [0.1, 0.15) is 12.7 Å². The van der Waals surface area contributed by atoms with Crippen molar-refractivity contribution in [3.05, 3.63) is 24.3 Å². The van der Waals surface area contributed by atoms with Gasteiger partial charge < -0.3 is 20.5 Å². The fourth-order valence-electron chi connectivity index (χ4n) is 1.82. The number of nitrogens with one attached hydrogen (secondary N) is 1. The Morgan fingerprint density at radius 2 is 2.10 bits per heavy atom. The SMILES string of the molecule is NC(=O)CSCCC(=O)NC[C@H]1COc2ccccc2O1. The van der Waals surface area contributed by atoms with Crippen molar-refractivity contribution < 1.29 is 19.1 Å². The minimum atomic E-state index is -0.369. The molecular formula is C14H18N2O4S. The number of hydrogen-bond donors (Lipinski definition) is 2. The Kier molecular flexibility index (Phi) is 5.74. The van der Waals surface area contributed by atoms with E-state index in [9.17, 15) is 9.59 Å². The van der Waals surface area contributed by atoms with E-state index in [4.69, 9.17) is 15.2 Å². The van der Waals surface area contributed by atoms with Gasteiger partial charge in [-0.3, -0.25) is 9.59 Å². The van der Waals surface area contributed by atoms with Crippen LogP contribution in [0.2, 0.25) is 0 Å². The highest BCUT2D eigenvalue weighted by Crippen LogP contribution is 2.30. The van der Waals surface area contributed by atoms with Crippen molar-refractivity contribution in [2.24, 2.45) is 5.73 Å². The quantitative estimate of drug-likeness (QED) is 0.718. The van der Waals surface area contributed by atoms with Gasteiger partial charge in [0, 0.05) is 12.2 Å². The van der Waals surface area contributed by atoms with Gasteiger partial charge >= 0.3 is 0 Å². The Hall–Kier alpha value is -1.89. The highest BCUT2D eigenvalue weighted by molar-refractivity contribution is 7.99. The molecule has 0 radical (unpaired) electrons. The molecule has 21 heavy (non-hydrogen) atoms. The van der Waals surface area contributed by atoms with Crippen molar-refractivity contribution in [1.82, 2.24) is 5.32 Å². The molecule has 2 amide bonds. The van der Waals surface area contributed by atoms with Crippen LogP contribution in [0.1, 0.15) is 6.42 Å². The normalized spacial score (nSPS) is 16.3. The van der Waals surface area contributed by atoms with Gasteiger partial charge in [-0.15, -0.1) is 0 Å². The summed E-state index contributed by atoms with van der Waals surface area (Å²) in [5.41, 5.74) is 5.01. The lowest BCUT2D eigenvalue weighted by Crippen LogP contribution is -2.40. The summed E-state index contributed by atoms with van der Waals surface area (Å²) in [6.45, 7) is 0.807. The Morgan fingerprint density at radius 3 is 2.86 bits per heavy atom. The summed E-state index contributed by atoms with van der Waals surface area (Å²) in [6.07, 6.45) is 0.157. The molecule has 114 valence electrons. The number of nitrogens with two attached hydrogens (primary N) is 1. The average Bonchev–Trinajstić information content (AvgIpc) is 2.49. The molecule has 1 aromatic carbocycles. The number of thioether (sulfide) groups is 1. The monoisotopic (exact) mass is 310 g/mol. The molecule has 0 aromatic heterocycles. The molecule has 3 N–H and O–H groups in total. The van der Waals surface area contributed by atoms with Crippen LogP contribution in [-0.4, -0.2) is 42.6 Å².